The third-order valence-electron chi connectivity index (χ3n) is 5.49. The smallest absolute Gasteiger partial charge is 0.313 e. The largest absolute Gasteiger partial charge is 0.362 e. The van der Waals surface area contributed by atoms with Gasteiger partial charge in [0.2, 0.25) is 0 Å². The lowest BCUT2D eigenvalue weighted by Gasteiger charge is -2.43. The summed E-state index contributed by atoms with van der Waals surface area (Å²) in [7, 11) is -2.47. The van der Waals surface area contributed by atoms with Gasteiger partial charge in [-0.15, -0.1) is 0 Å². The monoisotopic (exact) mass is 308 g/mol. The molecule has 2 aliphatic heterocycles. The molecular formula is C15H20N2O3S. The summed E-state index contributed by atoms with van der Waals surface area (Å²) in [6.07, 6.45) is 4.06. The van der Waals surface area contributed by atoms with Gasteiger partial charge in [-0.1, -0.05) is 18.2 Å². The number of hydrogen-bond acceptors (Lipinski definition) is 4. The van der Waals surface area contributed by atoms with E-state index in [9.17, 15) is 8.42 Å². The highest BCUT2D eigenvalue weighted by Crippen LogP contribution is 2.56. The van der Waals surface area contributed by atoms with Gasteiger partial charge in [-0.25, -0.2) is 4.31 Å². The van der Waals surface area contributed by atoms with Gasteiger partial charge in [0.05, 0.1) is 18.8 Å². The molecule has 3 atom stereocenters. The molecule has 2 heterocycles. The number of benzene rings is 1. The van der Waals surface area contributed by atoms with Gasteiger partial charge < -0.3 is 5.32 Å². The van der Waals surface area contributed by atoms with Crippen molar-refractivity contribution in [3.63, 3.8) is 0 Å². The first kappa shape index (κ1) is 13.5. The first-order chi connectivity index (χ1) is 10.1. The molecule has 1 aromatic rings. The Morgan fingerprint density at radius 3 is 2.95 bits per heavy atom. The zero-order valence-corrected chi connectivity index (χ0v) is 12.9. The normalized spacial score (nSPS) is 34.4. The fourth-order valence-corrected chi connectivity index (χ4v) is 5.92. The van der Waals surface area contributed by atoms with Gasteiger partial charge in [-0.3, -0.25) is 4.18 Å². The average Bonchev–Trinajstić information content (AvgIpc) is 3.05. The molecule has 1 N–H and O–H groups in total. The van der Waals surface area contributed by atoms with E-state index in [1.54, 1.807) is 4.31 Å². The third-order valence-corrected chi connectivity index (χ3v) is 6.85. The number of anilines is 1. The molecule has 4 rings (SSSR count). The van der Waals surface area contributed by atoms with Crippen LogP contribution in [0.3, 0.4) is 0 Å². The van der Waals surface area contributed by atoms with Crippen LogP contribution >= 0.6 is 0 Å². The topological polar surface area (TPSA) is 58.6 Å². The van der Waals surface area contributed by atoms with Crippen LogP contribution < -0.4 is 9.62 Å². The first-order valence-electron chi connectivity index (χ1n) is 7.54. The number of nitrogens with zero attached hydrogens (tertiary/aromatic N) is 1. The van der Waals surface area contributed by atoms with Gasteiger partial charge in [0, 0.05) is 11.5 Å². The SMILES string of the molecule is COS(=O)(=O)N1c2ccccc2[C@]23CCN[C@H]2CCC[C@H]13. The minimum Gasteiger partial charge on any atom is -0.313 e. The van der Waals surface area contributed by atoms with Gasteiger partial charge >= 0.3 is 10.3 Å². The Bertz CT molecular complexity index is 675. The minimum absolute atomic E-state index is 0.0198. The number of fused-ring (bicyclic) bond motifs is 1. The maximum atomic E-state index is 12.5. The second-order valence-electron chi connectivity index (χ2n) is 6.18. The summed E-state index contributed by atoms with van der Waals surface area (Å²) < 4.78 is 31.4. The molecule has 5 nitrogen and oxygen atoms in total. The van der Waals surface area contributed by atoms with Crippen molar-refractivity contribution in [2.24, 2.45) is 0 Å². The molecule has 1 aliphatic carbocycles. The minimum atomic E-state index is -3.72. The lowest BCUT2D eigenvalue weighted by atomic mass is 9.65. The molecule has 0 radical (unpaired) electrons. The van der Waals surface area contributed by atoms with Crippen LogP contribution in [0, 0.1) is 0 Å². The number of rotatable bonds is 2. The zero-order chi connectivity index (χ0) is 14.7. The highest BCUT2D eigenvalue weighted by molar-refractivity contribution is 7.88. The van der Waals surface area contributed by atoms with E-state index in [0.717, 1.165) is 37.9 Å². The van der Waals surface area contributed by atoms with Gasteiger partial charge in [0.15, 0.2) is 0 Å². The summed E-state index contributed by atoms with van der Waals surface area (Å²) in [6.45, 7) is 0.955. The standard InChI is InChI=1S/C15H20N2O3S/c1-20-21(18,19)17-12-6-3-2-5-11(12)15-9-10-16-13(15)7-4-8-14(15)17/h2-3,5-6,13-14,16H,4,7-10H2,1H3/t13-,14-,15+/m0/s1. The van der Waals surface area contributed by atoms with Crippen molar-refractivity contribution in [3.8, 4) is 0 Å². The summed E-state index contributed by atoms with van der Waals surface area (Å²) in [5.74, 6) is 0. The first-order valence-corrected chi connectivity index (χ1v) is 8.90. The van der Waals surface area contributed by atoms with E-state index in [0.29, 0.717) is 6.04 Å². The summed E-state index contributed by atoms with van der Waals surface area (Å²) in [5, 5.41) is 3.59. The van der Waals surface area contributed by atoms with Crippen LogP contribution in [0.2, 0.25) is 0 Å². The highest BCUT2D eigenvalue weighted by Gasteiger charge is 2.60. The molecule has 0 aromatic heterocycles. The Balaban J connectivity index is 1.96. The molecule has 21 heavy (non-hydrogen) atoms. The van der Waals surface area contributed by atoms with E-state index >= 15 is 0 Å². The van der Waals surface area contributed by atoms with E-state index < -0.39 is 10.3 Å². The Kier molecular flexibility index (Phi) is 2.87. The van der Waals surface area contributed by atoms with Crippen molar-refractivity contribution in [2.45, 2.75) is 43.2 Å². The van der Waals surface area contributed by atoms with Crippen molar-refractivity contribution < 1.29 is 12.6 Å². The molecule has 0 unspecified atom stereocenters. The van der Waals surface area contributed by atoms with Crippen molar-refractivity contribution in [3.05, 3.63) is 29.8 Å². The van der Waals surface area contributed by atoms with Crippen molar-refractivity contribution in [1.82, 2.24) is 5.32 Å². The van der Waals surface area contributed by atoms with Crippen LogP contribution in [-0.4, -0.2) is 34.2 Å². The Labute approximate surface area is 125 Å². The lowest BCUT2D eigenvalue weighted by molar-refractivity contribution is 0.243. The Morgan fingerprint density at radius 1 is 1.33 bits per heavy atom. The molecule has 0 bridgehead atoms. The Hall–Kier alpha value is -1.11. The van der Waals surface area contributed by atoms with Crippen LogP contribution in [0.25, 0.3) is 0 Å². The molecule has 1 saturated carbocycles. The molecule has 1 aromatic carbocycles. The summed E-state index contributed by atoms with van der Waals surface area (Å²) in [4.78, 5) is 0. The molecule has 1 saturated heterocycles. The van der Waals surface area contributed by atoms with E-state index in [1.807, 2.05) is 18.2 Å². The van der Waals surface area contributed by atoms with Crippen LogP contribution in [0.1, 0.15) is 31.2 Å². The molecule has 2 fully saturated rings. The average molecular weight is 308 g/mol. The van der Waals surface area contributed by atoms with Gasteiger partial charge in [0.1, 0.15) is 0 Å². The fraction of sp³-hybridized carbons (Fsp3) is 0.600. The molecule has 114 valence electrons. The number of para-hydroxylation sites is 1. The van der Waals surface area contributed by atoms with Crippen molar-refractivity contribution in [1.29, 1.82) is 0 Å². The quantitative estimate of drug-likeness (QED) is 0.900. The molecule has 3 aliphatic rings. The number of nitrogens with one attached hydrogen (secondary N) is 1. The van der Waals surface area contributed by atoms with Crippen LogP contribution in [0.5, 0.6) is 0 Å². The summed E-state index contributed by atoms with van der Waals surface area (Å²) in [5.41, 5.74) is 1.89. The van der Waals surface area contributed by atoms with Gasteiger partial charge in [0.25, 0.3) is 0 Å². The molecule has 0 amide bonds. The second-order valence-corrected chi connectivity index (χ2v) is 7.76. The van der Waals surface area contributed by atoms with Crippen molar-refractivity contribution in [2.75, 3.05) is 18.0 Å². The third kappa shape index (κ3) is 1.61. The highest BCUT2D eigenvalue weighted by atomic mass is 32.2. The predicted molar refractivity (Wildman–Crippen MR) is 80.6 cm³/mol. The lowest BCUT2D eigenvalue weighted by Crippen LogP contribution is -2.55. The van der Waals surface area contributed by atoms with E-state index in [-0.39, 0.29) is 11.5 Å². The second kappa shape index (κ2) is 4.44. The fourth-order valence-electron chi connectivity index (χ4n) is 4.75. The summed E-state index contributed by atoms with van der Waals surface area (Å²) in [6, 6.07) is 8.27. The maximum absolute atomic E-state index is 12.5. The molecule has 1 spiro atoms. The predicted octanol–water partition coefficient (Wildman–Crippen LogP) is 1.55. The Morgan fingerprint density at radius 2 is 2.14 bits per heavy atom. The van der Waals surface area contributed by atoms with Gasteiger partial charge in [-0.05, 0) is 43.9 Å². The van der Waals surface area contributed by atoms with Crippen molar-refractivity contribution >= 4 is 16.0 Å². The van der Waals surface area contributed by atoms with E-state index in [4.69, 9.17) is 4.18 Å². The summed E-state index contributed by atoms with van der Waals surface area (Å²) >= 11 is 0. The zero-order valence-electron chi connectivity index (χ0n) is 12.1. The molecule has 6 heteroatoms. The van der Waals surface area contributed by atoms with Crippen LogP contribution in [-0.2, 0) is 19.9 Å². The van der Waals surface area contributed by atoms with Gasteiger partial charge in [-0.2, -0.15) is 8.42 Å². The molecular weight excluding hydrogens is 288 g/mol. The maximum Gasteiger partial charge on any atom is 0.362 e. The van der Waals surface area contributed by atoms with Crippen LogP contribution in [0.15, 0.2) is 24.3 Å². The number of hydrogen-bond donors (Lipinski definition) is 1. The van der Waals surface area contributed by atoms with E-state index in [2.05, 4.69) is 11.4 Å². The van der Waals surface area contributed by atoms with E-state index in [1.165, 1.54) is 12.7 Å². The van der Waals surface area contributed by atoms with Crippen LogP contribution in [0.4, 0.5) is 5.69 Å².